The molecule has 3 rings (SSSR count). The van der Waals surface area contributed by atoms with E-state index in [-0.39, 0.29) is 0 Å². The molecule has 0 aliphatic heterocycles. The van der Waals surface area contributed by atoms with E-state index in [1.807, 2.05) is 47.7 Å². The Morgan fingerprint density at radius 3 is 2.12 bits per heavy atom. The van der Waals surface area contributed by atoms with Crippen molar-refractivity contribution in [1.29, 1.82) is 0 Å². The Morgan fingerprint density at radius 2 is 1.62 bits per heavy atom. The van der Waals surface area contributed by atoms with E-state index in [0.29, 0.717) is 0 Å². The van der Waals surface area contributed by atoms with Crippen molar-refractivity contribution in [3.8, 4) is 0 Å². The third-order valence-electron chi connectivity index (χ3n) is 2.64. The molecule has 0 amide bonds. The van der Waals surface area contributed by atoms with E-state index in [4.69, 9.17) is 0 Å². The first-order chi connectivity index (χ1) is 7.75. The van der Waals surface area contributed by atoms with E-state index in [1.165, 1.54) is 16.6 Å². The van der Waals surface area contributed by atoms with Crippen LogP contribution in [0.3, 0.4) is 0 Å². The van der Waals surface area contributed by atoms with Gasteiger partial charge < -0.3 is 0 Å². The normalized spacial score (nSPS) is 17.5. The molecule has 0 fully saturated rings. The number of hydrogen-bond donors (Lipinski definition) is 0. The maximum atomic E-state index is 3.50. The highest BCUT2D eigenvalue weighted by molar-refractivity contribution is 9.11. The summed E-state index contributed by atoms with van der Waals surface area (Å²) in [5.74, 6) is 0.884. The van der Waals surface area contributed by atoms with Crippen LogP contribution in [0.25, 0.3) is 0 Å². The molecule has 1 unspecified atom stereocenters. The summed E-state index contributed by atoms with van der Waals surface area (Å²) < 4.78 is 1.30. The van der Waals surface area contributed by atoms with Gasteiger partial charge in [0.05, 0.1) is 3.79 Å². The maximum Gasteiger partial charge on any atom is 0.0704 e. The van der Waals surface area contributed by atoms with Crippen molar-refractivity contribution in [2.45, 2.75) is 19.8 Å². The Kier molecular flexibility index (Phi) is 4.19. The van der Waals surface area contributed by atoms with Crippen LogP contribution in [0.2, 0.25) is 0 Å². The van der Waals surface area contributed by atoms with Gasteiger partial charge in [-0.25, -0.2) is 0 Å². The fourth-order valence-corrected chi connectivity index (χ4v) is 3.86. The Hall–Kier alpha value is -0.600. The largest absolute Gasteiger partial charge is 0.133 e. The van der Waals surface area contributed by atoms with E-state index in [1.54, 1.807) is 10.4 Å². The van der Waals surface area contributed by atoms with Crippen LogP contribution < -0.4 is 0 Å². The summed E-state index contributed by atoms with van der Waals surface area (Å²) in [6, 6.07) is 14.3. The van der Waals surface area contributed by atoms with E-state index < -0.39 is 0 Å². The monoisotopic (exact) mass is 294 g/mol. The second-order valence-electron chi connectivity index (χ2n) is 4.17. The minimum absolute atomic E-state index is 0.884. The minimum Gasteiger partial charge on any atom is -0.133 e. The average Bonchev–Trinajstić information content (AvgIpc) is 2.77. The Balaban J connectivity index is 0.000000138. The molecule has 1 heterocycles. The zero-order chi connectivity index (χ0) is 11.4. The van der Waals surface area contributed by atoms with E-state index >= 15 is 0 Å². The second kappa shape index (κ2) is 5.65. The standard InChI is InChI=1S/C8H9BrS.C6H6/c1-5-2-6-4-8(9)10-7(6)3-5;1-2-4-6-5-3-1/h4-5H,2-3H2,1H3;1-6H. The van der Waals surface area contributed by atoms with Gasteiger partial charge in [0.25, 0.3) is 0 Å². The SMILES string of the molecule is CC1Cc2cc(Br)sc2C1.c1ccccc1. The number of rotatable bonds is 0. The van der Waals surface area contributed by atoms with Gasteiger partial charge in [-0.15, -0.1) is 11.3 Å². The minimum atomic E-state index is 0.884. The van der Waals surface area contributed by atoms with Crippen LogP contribution in [0.1, 0.15) is 17.4 Å². The Labute approximate surface area is 109 Å². The summed E-state index contributed by atoms with van der Waals surface area (Å²) in [7, 11) is 0. The molecule has 1 aliphatic carbocycles. The van der Waals surface area contributed by atoms with Crippen LogP contribution in [0.4, 0.5) is 0 Å². The highest BCUT2D eigenvalue weighted by Crippen LogP contribution is 2.35. The Morgan fingerprint density at radius 1 is 1.06 bits per heavy atom. The molecule has 0 radical (unpaired) electrons. The van der Waals surface area contributed by atoms with Gasteiger partial charge in [-0.1, -0.05) is 43.3 Å². The van der Waals surface area contributed by atoms with Gasteiger partial charge in [0, 0.05) is 4.88 Å². The number of halogens is 1. The average molecular weight is 295 g/mol. The summed E-state index contributed by atoms with van der Waals surface area (Å²) >= 11 is 5.39. The molecule has 16 heavy (non-hydrogen) atoms. The molecule has 1 aromatic carbocycles. The quantitative estimate of drug-likeness (QED) is 0.646. The van der Waals surface area contributed by atoms with Gasteiger partial charge in [0.2, 0.25) is 0 Å². The van der Waals surface area contributed by atoms with Gasteiger partial charge in [-0.05, 0) is 46.3 Å². The van der Waals surface area contributed by atoms with Crippen molar-refractivity contribution in [3.05, 3.63) is 56.7 Å². The molecule has 1 aliphatic rings. The molecule has 1 aromatic heterocycles. The molecular weight excluding hydrogens is 280 g/mol. The summed E-state index contributed by atoms with van der Waals surface area (Å²) in [5.41, 5.74) is 1.57. The molecule has 2 heteroatoms. The summed E-state index contributed by atoms with van der Waals surface area (Å²) in [6.45, 7) is 2.32. The van der Waals surface area contributed by atoms with E-state index in [2.05, 4.69) is 28.9 Å². The van der Waals surface area contributed by atoms with E-state index in [9.17, 15) is 0 Å². The predicted octanol–water partition coefficient (Wildman–Crippen LogP) is 4.93. The van der Waals surface area contributed by atoms with Crippen molar-refractivity contribution < 1.29 is 0 Å². The van der Waals surface area contributed by atoms with Gasteiger partial charge in [-0.3, -0.25) is 0 Å². The summed E-state index contributed by atoms with van der Waals surface area (Å²) in [5, 5.41) is 0. The molecule has 0 bridgehead atoms. The van der Waals surface area contributed by atoms with Crippen molar-refractivity contribution >= 4 is 27.3 Å². The molecule has 0 N–H and O–H groups in total. The molecule has 0 saturated heterocycles. The topological polar surface area (TPSA) is 0 Å². The van der Waals surface area contributed by atoms with Crippen molar-refractivity contribution in [1.82, 2.24) is 0 Å². The molecule has 0 spiro atoms. The zero-order valence-corrected chi connectivity index (χ0v) is 11.7. The lowest BCUT2D eigenvalue weighted by Gasteiger charge is -1.95. The van der Waals surface area contributed by atoms with Crippen LogP contribution in [0.15, 0.2) is 46.3 Å². The Bertz CT molecular complexity index is 383. The third-order valence-corrected chi connectivity index (χ3v) is 4.34. The van der Waals surface area contributed by atoms with Crippen molar-refractivity contribution in [3.63, 3.8) is 0 Å². The number of benzene rings is 1. The van der Waals surface area contributed by atoms with Crippen molar-refractivity contribution in [2.75, 3.05) is 0 Å². The lowest BCUT2D eigenvalue weighted by Crippen LogP contribution is -1.89. The fourth-order valence-electron chi connectivity index (χ4n) is 1.92. The molecular formula is C14H15BrS. The van der Waals surface area contributed by atoms with Crippen LogP contribution >= 0.6 is 27.3 Å². The molecule has 0 saturated carbocycles. The molecule has 1 atom stereocenters. The number of thiophene rings is 1. The summed E-state index contributed by atoms with van der Waals surface area (Å²) in [6.07, 6.45) is 2.59. The molecule has 0 nitrogen and oxygen atoms in total. The first kappa shape index (κ1) is 11.9. The molecule has 84 valence electrons. The smallest absolute Gasteiger partial charge is 0.0704 e. The van der Waals surface area contributed by atoms with Crippen LogP contribution in [-0.4, -0.2) is 0 Å². The third kappa shape index (κ3) is 3.19. The van der Waals surface area contributed by atoms with Gasteiger partial charge >= 0.3 is 0 Å². The zero-order valence-electron chi connectivity index (χ0n) is 9.32. The first-order valence-electron chi connectivity index (χ1n) is 5.53. The van der Waals surface area contributed by atoms with Crippen molar-refractivity contribution in [2.24, 2.45) is 5.92 Å². The predicted molar refractivity (Wildman–Crippen MR) is 75.0 cm³/mol. The van der Waals surface area contributed by atoms with Crippen LogP contribution in [-0.2, 0) is 12.8 Å². The first-order valence-corrected chi connectivity index (χ1v) is 7.14. The van der Waals surface area contributed by atoms with E-state index in [0.717, 1.165) is 5.92 Å². The second-order valence-corrected chi connectivity index (χ2v) is 6.68. The van der Waals surface area contributed by atoms with Gasteiger partial charge in [0.1, 0.15) is 0 Å². The fraction of sp³-hybridized carbons (Fsp3) is 0.286. The van der Waals surface area contributed by atoms with Gasteiger partial charge in [0.15, 0.2) is 0 Å². The lowest BCUT2D eigenvalue weighted by molar-refractivity contribution is 0.629. The van der Waals surface area contributed by atoms with Crippen LogP contribution in [0, 0.1) is 5.92 Å². The number of hydrogen-bond acceptors (Lipinski definition) is 1. The van der Waals surface area contributed by atoms with Gasteiger partial charge in [-0.2, -0.15) is 0 Å². The molecule has 2 aromatic rings. The highest BCUT2D eigenvalue weighted by atomic mass is 79.9. The summed E-state index contributed by atoms with van der Waals surface area (Å²) in [4.78, 5) is 1.60. The number of fused-ring (bicyclic) bond motifs is 1. The van der Waals surface area contributed by atoms with Crippen LogP contribution in [0.5, 0.6) is 0 Å². The highest BCUT2D eigenvalue weighted by Gasteiger charge is 2.19. The maximum absolute atomic E-state index is 3.50. The lowest BCUT2D eigenvalue weighted by atomic mass is 10.1.